The minimum absolute atomic E-state index is 0.0115. The van der Waals surface area contributed by atoms with Gasteiger partial charge >= 0.3 is 12.2 Å². The Morgan fingerprint density at radius 1 is 1.03 bits per heavy atom. The number of hydrogen-bond donors (Lipinski definition) is 0. The van der Waals surface area contributed by atoms with Gasteiger partial charge in [-0.05, 0) is 48.9 Å². The Morgan fingerprint density at radius 2 is 1.74 bits per heavy atom. The largest absolute Gasteiger partial charge is 0.417 e. The number of carbonyl (C=O) groups excluding carboxylic acids is 1. The van der Waals surface area contributed by atoms with E-state index in [4.69, 9.17) is 16.9 Å². The van der Waals surface area contributed by atoms with E-state index in [1.54, 1.807) is 6.07 Å². The second-order valence-electron chi connectivity index (χ2n) is 8.24. The van der Waals surface area contributed by atoms with Gasteiger partial charge in [-0.15, -0.1) is 0 Å². The van der Waals surface area contributed by atoms with Crippen molar-refractivity contribution in [3.63, 3.8) is 0 Å². The van der Waals surface area contributed by atoms with E-state index in [1.807, 2.05) is 29.2 Å². The van der Waals surface area contributed by atoms with Gasteiger partial charge in [-0.25, -0.2) is 4.79 Å². The fourth-order valence-electron chi connectivity index (χ4n) is 5.14. The number of piperidine rings is 1. The monoisotopic (exact) mass is 446 g/mol. The molecule has 0 spiro atoms. The number of benzene rings is 2. The Balaban J connectivity index is 1.40. The third-order valence-corrected chi connectivity index (χ3v) is 6.76. The number of rotatable bonds is 2. The number of fused-ring (bicyclic) bond motifs is 5. The van der Waals surface area contributed by atoms with Gasteiger partial charge in [-0.2, -0.15) is 18.4 Å². The number of nitriles is 1. The second-order valence-corrected chi connectivity index (χ2v) is 8.67. The predicted molar refractivity (Wildman–Crippen MR) is 110 cm³/mol. The number of urea groups is 1. The molecule has 0 unspecified atom stereocenters. The molecule has 0 aromatic heterocycles. The van der Waals surface area contributed by atoms with Gasteiger partial charge in [0.2, 0.25) is 0 Å². The van der Waals surface area contributed by atoms with E-state index in [-0.39, 0.29) is 29.7 Å². The molecule has 0 saturated carbocycles. The van der Waals surface area contributed by atoms with Crippen molar-refractivity contribution in [1.29, 1.82) is 5.26 Å². The van der Waals surface area contributed by atoms with Crippen molar-refractivity contribution in [2.24, 2.45) is 5.92 Å². The van der Waals surface area contributed by atoms with Crippen LogP contribution in [0.4, 0.5) is 29.3 Å². The number of carbonyl (C=O) groups is 1. The first kappa shape index (κ1) is 20.0. The summed E-state index contributed by atoms with van der Waals surface area (Å²) < 4.78 is 40.1. The highest BCUT2D eigenvalue weighted by atomic mass is 35.5. The maximum Gasteiger partial charge on any atom is 0.417 e. The van der Waals surface area contributed by atoms with Gasteiger partial charge in [0.1, 0.15) is 0 Å². The molecule has 5 rings (SSSR count). The molecule has 0 radical (unpaired) electrons. The molecule has 160 valence electrons. The van der Waals surface area contributed by atoms with Crippen LogP contribution in [-0.2, 0) is 6.18 Å². The lowest BCUT2D eigenvalue weighted by Crippen LogP contribution is -2.45. The van der Waals surface area contributed by atoms with Gasteiger partial charge in [-0.3, -0.25) is 4.90 Å². The van der Waals surface area contributed by atoms with Gasteiger partial charge in [0.15, 0.2) is 0 Å². The molecule has 2 aromatic rings. The third kappa shape index (κ3) is 3.28. The SMILES string of the molecule is N#Cc1ccc(N2C[C@H]3[C@@H]4C[C@@H](CN(c5ccc(Cl)cc5)C4)N3C2=O)cc1C(F)(F)F. The highest BCUT2D eigenvalue weighted by molar-refractivity contribution is 6.30. The van der Waals surface area contributed by atoms with Crippen molar-refractivity contribution in [1.82, 2.24) is 4.90 Å². The average molecular weight is 447 g/mol. The van der Waals surface area contributed by atoms with E-state index in [0.29, 0.717) is 18.1 Å². The van der Waals surface area contributed by atoms with E-state index >= 15 is 0 Å². The van der Waals surface area contributed by atoms with Crippen molar-refractivity contribution in [3.8, 4) is 6.07 Å². The highest BCUT2D eigenvalue weighted by Gasteiger charge is 2.54. The van der Waals surface area contributed by atoms with E-state index in [0.717, 1.165) is 30.8 Å². The Labute approximate surface area is 182 Å². The maximum absolute atomic E-state index is 13.4. The highest BCUT2D eigenvalue weighted by Crippen LogP contribution is 2.43. The molecule has 3 atom stereocenters. The van der Waals surface area contributed by atoms with Gasteiger partial charge in [0, 0.05) is 41.9 Å². The number of halogens is 4. The molecule has 3 aliphatic heterocycles. The molecule has 2 aromatic carbocycles. The van der Waals surface area contributed by atoms with E-state index < -0.39 is 17.3 Å². The smallest absolute Gasteiger partial charge is 0.369 e. The molecule has 9 heteroatoms. The Hall–Kier alpha value is -2.92. The molecule has 3 aliphatic rings. The number of nitrogens with zero attached hydrogens (tertiary/aromatic N) is 4. The summed E-state index contributed by atoms with van der Waals surface area (Å²) >= 11 is 5.98. The summed E-state index contributed by atoms with van der Waals surface area (Å²) in [6.07, 6.45) is -3.76. The zero-order valence-electron chi connectivity index (χ0n) is 16.3. The van der Waals surface area contributed by atoms with Crippen molar-refractivity contribution in [2.45, 2.75) is 24.7 Å². The van der Waals surface area contributed by atoms with Gasteiger partial charge < -0.3 is 9.80 Å². The average Bonchev–Trinajstić information content (AvgIpc) is 3.21. The molecule has 3 fully saturated rings. The molecular weight excluding hydrogens is 429 g/mol. The van der Waals surface area contributed by atoms with Crippen LogP contribution in [0.25, 0.3) is 0 Å². The Kier molecular flexibility index (Phi) is 4.56. The quantitative estimate of drug-likeness (QED) is 0.669. The van der Waals surface area contributed by atoms with Crippen LogP contribution < -0.4 is 9.80 Å². The third-order valence-electron chi connectivity index (χ3n) is 6.51. The first-order valence-electron chi connectivity index (χ1n) is 9.98. The van der Waals surface area contributed by atoms with E-state index in [2.05, 4.69) is 4.90 Å². The Morgan fingerprint density at radius 3 is 2.42 bits per heavy atom. The predicted octanol–water partition coefficient (Wildman–Crippen LogP) is 4.75. The van der Waals surface area contributed by atoms with Gasteiger partial charge in [0.25, 0.3) is 0 Å². The normalized spacial score (nSPS) is 25.1. The lowest BCUT2D eigenvalue weighted by atomic mass is 9.94. The van der Waals surface area contributed by atoms with Crippen LogP contribution in [-0.4, -0.2) is 42.6 Å². The lowest BCUT2D eigenvalue weighted by Gasteiger charge is -2.35. The molecule has 3 saturated heterocycles. The van der Waals surface area contributed by atoms with Gasteiger partial charge in [-0.1, -0.05) is 11.6 Å². The summed E-state index contributed by atoms with van der Waals surface area (Å²) in [4.78, 5) is 18.7. The Bertz CT molecular complexity index is 1080. The number of hydrogen-bond acceptors (Lipinski definition) is 3. The molecule has 0 aliphatic carbocycles. The van der Waals surface area contributed by atoms with Gasteiger partial charge in [0.05, 0.1) is 29.3 Å². The zero-order chi connectivity index (χ0) is 21.9. The van der Waals surface area contributed by atoms with Crippen molar-refractivity contribution in [2.75, 3.05) is 29.4 Å². The molecular formula is C22H18ClF3N4O. The van der Waals surface area contributed by atoms with Crippen LogP contribution in [0.1, 0.15) is 17.5 Å². The summed E-state index contributed by atoms with van der Waals surface area (Å²) in [5.41, 5.74) is -0.231. The van der Waals surface area contributed by atoms with Crippen molar-refractivity contribution < 1.29 is 18.0 Å². The summed E-state index contributed by atoms with van der Waals surface area (Å²) in [7, 11) is 0. The first-order valence-corrected chi connectivity index (χ1v) is 10.4. The number of anilines is 2. The van der Waals surface area contributed by atoms with Crippen LogP contribution in [0.5, 0.6) is 0 Å². The van der Waals surface area contributed by atoms with Crippen LogP contribution >= 0.6 is 11.6 Å². The summed E-state index contributed by atoms with van der Waals surface area (Å²) in [6.45, 7) is 1.80. The zero-order valence-corrected chi connectivity index (χ0v) is 17.1. The number of alkyl halides is 3. The number of amides is 2. The minimum atomic E-state index is -4.66. The fraction of sp³-hybridized carbons (Fsp3) is 0.364. The molecule has 2 amide bonds. The van der Waals surface area contributed by atoms with E-state index in [1.165, 1.54) is 11.0 Å². The van der Waals surface area contributed by atoms with Crippen molar-refractivity contribution in [3.05, 3.63) is 58.6 Å². The van der Waals surface area contributed by atoms with E-state index in [9.17, 15) is 18.0 Å². The molecule has 5 nitrogen and oxygen atoms in total. The fourth-order valence-corrected chi connectivity index (χ4v) is 5.27. The first-order chi connectivity index (χ1) is 14.8. The lowest BCUT2D eigenvalue weighted by molar-refractivity contribution is -0.137. The standard InChI is InChI=1S/C22H18ClF3N4O/c23-15-2-5-16(6-3-15)28-10-14-7-18(11-28)30-20(14)12-29(21(30)31)17-4-1-13(9-27)19(8-17)22(24,25)26/h1-6,8,14,18,20H,7,10-12H2/t14-,18+,20+/m1/s1. The van der Waals surface area contributed by atoms with Crippen LogP contribution in [0.15, 0.2) is 42.5 Å². The second kappa shape index (κ2) is 7.06. The maximum atomic E-state index is 13.4. The molecule has 2 bridgehead atoms. The molecule has 0 N–H and O–H groups in total. The molecule has 3 heterocycles. The summed E-state index contributed by atoms with van der Waals surface area (Å²) in [6, 6.07) is 12.3. The van der Waals surface area contributed by atoms with Crippen molar-refractivity contribution >= 4 is 29.0 Å². The topological polar surface area (TPSA) is 50.6 Å². The minimum Gasteiger partial charge on any atom is -0.369 e. The van der Waals surface area contributed by atoms with Crippen LogP contribution in [0, 0.1) is 17.2 Å². The van der Waals surface area contributed by atoms with Crippen LogP contribution in [0.2, 0.25) is 5.02 Å². The summed E-state index contributed by atoms with van der Waals surface area (Å²) in [5.74, 6) is 0.240. The molecule has 31 heavy (non-hydrogen) atoms. The van der Waals surface area contributed by atoms with Crippen LogP contribution in [0.3, 0.4) is 0 Å². The summed E-state index contributed by atoms with van der Waals surface area (Å²) in [5, 5.41) is 9.68.